The van der Waals surface area contributed by atoms with Crippen LogP contribution in [0.1, 0.15) is 15.9 Å². The second-order valence-electron chi connectivity index (χ2n) is 5.57. The molecular formula is C15H19I3N2O8. The molecule has 0 heterocycles. The molecule has 1 aromatic rings. The summed E-state index contributed by atoms with van der Waals surface area (Å²) in [6, 6.07) is 0. The number of hydrogen-bond donors (Lipinski definition) is 8. The third-order valence-corrected chi connectivity index (χ3v) is 7.25. The summed E-state index contributed by atoms with van der Waals surface area (Å²) in [5, 5.41) is 62.2. The number of aliphatic hydroxyl groups is 6. The Morgan fingerprint density at radius 2 is 1.54 bits per heavy atom. The zero-order valence-corrected chi connectivity index (χ0v) is 20.8. The van der Waals surface area contributed by atoms with Gasteiger partial charge in [-0.25, -0.2) is 0 Å². The first-order valence-electron chi connectivity index (χ1n) is 7.69. The number of carbonyl (C=O) groups excluding carboxylic acids is 2. The fourth-order valence-electron chi connectivity index (χ4n) is 2.16. The van der Waals surface area contributed by atoms with Crippen molar-refractivity contribution in [1.29, 1.82) is 0 Å². The van der Waals surface area contributed by atoms with Gasteiger partial charge in [-0.2, -0.15) is 0 Å². The fourth-order valence-corrected chi connectivity index (χ4v) is 6.43. The van der Waals surface area contributed by atoms with E-state index in [1.807, 2.05) is 67.8 Å². The van der Waals surface area contributed by atoms with Crippen molar-refractivity contribution in [3.63, 3.8) is 0 Å². The molecule has 1 rings (SSSR count). The number of rotatable bonds is 8. The van der Waals surface area contributed by atoms with Gasteiger partial charge >= 0.3 is 0 Å². The molecule has 2 amide bonds. The number of anilines is 1. The van der Waals surface area contributed by atoms with Gasteiger partial charge in [0, 0.05) is 19.8 Å². The van der Waals surface area contributed by atoms with Gasteiger partial charge < -0.3 is 41.3 Å². The summed E-state index contributed by atoms with van der Waals surface area (Å²) in [4.78, 5) is 24.6. The quantitative estimate of drug-likeness (QED) is 0.152. The molecule has 0 bridgehead atoms. The number of nitrogens with one attached hydrogen (secondary N) is 2. The molecule has 8 N–H and O–H groups in total. The summed E-state index contributed by atoms with van der Waals surface area (Å²) in [7, 11) is 1.43. The highest BCUT2D eigenvalue weighted by Crippen LogP contribution is 2.35. The number of carbonyl (C=O) groups is 2. The Kier molecular flexibility index (Phi) is 10.7. The van der Waals surface area contributed by atoms with Crippen LogP contribution in [-0.4, -0.2) is 80.5 Å². The fraction of sp³-hybridized carbons (Fsp3) is 0.467. The van der Waals surface area contributed by atoms with Crippen molar-refractivity contribution in [1.82, 2.24) is 5.32 Å². The SMILES string of the molecule is CNC(=O)c1c(I)c(CO)c(I)c(NC(=O)[C@H](O)[C@@H](O)[C@H](O)[C@H](O)CO)c1I. The average molecular weight is 736 g/mol. The Hall–Kier alpha value is 0.110. The lowest BCUT2D eigenvalue weighted by Crippen LogP contribution is -2.50. The van der Waals surface area contributed by atoms with E-state index in [0.29, 0.717) is 16.3 Å². The zero-order chi connectivity index (χ0) is 21.8. The molecule has 28 heavy (non-hydrogen) atoms. The number of hydrogen-bond acceptors (Lipinski definition) is 8. The first kappa shape index (κ1) is 26.1. The minimum Gasteiger partial charge on any atom is -0.394 e. The largest absolute Gasteiger partial charge is 0.394 e. The van der Waals surface area contributed by atoms with Gasteiger partial charge in [0.15, 0.2) is 6.10 Å². The highest BCUT2D eigenvalue weighted by molar-refractivity contribution is 14.1. The van der Waals surface area contributed by atoms with Gasteiger partial charge in [0.25, 0.3) is 11.8 Å². The van der Waals surface area contributed by atoms with E-state index < -0.39 is 49.4 Å². The van der Waals surface area contributed by atoms with Crippen molar-refractivity contribution in [3.8, 4) is 0 Å². The molecule has 0 fully saturated rings. The standard InChI is InChI=1S/C15H19I3N2O8/c1-19-14(27)6-7(16)4(2-21)8(17)10(9(6)18)20-15(28)13(26)12(25)11(24)5(23)3-22/h5,11-13,21-26H,2-3H2,1H3,(H,19,27)(H,20,28)/t5-,11-,12+,13-/m1/s1. The van der Waals surface area contributed by atoms with E-state index in [1.165, 1.54) is 7.05 Å². The highest BCUT2D eigenvalue weighted by Gasteiger charge is 2.35. The van der Waals surface area contributed by atoms with Crippen molar-refractivity contribution in [2.24, 2.45) is 0 Å². The van der Waals surface area contributed by atoms with Crippen molar-refractivity contribution in [2.75, 3.05) is 19.0 Å². The van der Waals surface area contributed by atoms with Crippen molar-refractivity contribution in [2.45, 2.75) is 31.0 Å². The lowest BCUT2D eigenvalue weighted by molar-refractivity contribution is -0.144. The minimum atomic E-state index is -2.14. The van der Waals surface area contributed by atoms with Crippen LogP contribution in [0.2, 0.25) is 0 Å². The molecule has 4 atom stereocenters. The zero-order valence-electron chi connectivity index (χ0n) is 14.4. The molecule has 0 radical (unpaired) electrons. The molecule has 0 aliphatic heterocycles. The predicted octanol–water partition coefficient (Wildman–Crippen LogP) is -1.27. The Balaban J connectivity index is 3.30. The maximum absolute atomic E-state index is 12.4. The maximum atomic E-state index is 12.4. The van der Waals surface area contributed by atoms with Crippen molar-refractivity contribution >= 4 is 85.3 Å². The third-order valence-electron chi connectivity index (χ3n) is 3.79. The van der Waals surface area contributed by atoms with Crippen LogP contribution in [0.25, 0.3) is 0 Å². The second-order valence-corrected chi connectivity index (χ2v) is 8.81. The van der Waals surface area contributed by atoms with Crippen LogP contribution in [0.4, 0.5) is 5.69 Å². The summed E-state index contributed by atoms with van der Waals surface area (Å²) in [6.45, 7) is -1.29. The first-order chi connectivity index (χ1) is 13.0. The number of aliphatic hydroxyl groups excluding tert-OH is 6. The maximum Gasteiger partial charge on any atom is 0.256 e. The van der Waals surface area contributed by atoms with Crippen LogP contribution in [0.3, 0.4) is 0 Å². The van der Waals surface area contributed by atoms with Crippen LogP contribution in [0.15, 0.2) is 0 Å². The summed E-state index contributed by atoms with van der Waals surface area (Å²) in [6.07, 6.45) is -7.92. The monoisotopic (exact) mass is 736 g/mol. The summed E-state index contributed by atoms with van der Waals surface area (Å²) < 4.78 is 1.26. The van der Waals surface area contributed by atoms with E-state index in [4.69, 9.17) is 5.11 Å². The van der Waals surface area contributed by atoms with Gasteiger partial charge in [-0.3, -0.25) is 9.59 Å². The lowest BCUT2D eigenvalue weighted by atomic mass is 10.0. The van der Waals surface area contributed by atoms with Gasteiger partial charge in [0.1, 0.15) is 18.3 Å². The molecule has 0 saturated heterocycles. The van der Waals surface area contributed by atoms with Crippen LogP contribution < -0.4 is 10.6 Å². The van der Waals surface area contributed by atoms with Crippen molar-refractivity contribution in [3.05, 3.63) is 21.8 Å². The number of benzene rings is 1. The summed E-state index contributed by atoms with van der Waals surface area (Å²) in [5.74, 6) is -1.56. The van der Waals surface area contributed by atoms with Gasteiger partial charge in [0.2, 0.25) is 0 Å². The third kappa shape index (κ3) is 5.62. The lowest BCUT2D eigenvalue weighted by Gasteiger charge is -2.25. The van der Waals surface area contributed by atoms with E-state index in [9.17, 15) is 35.1 Å². The molecule has 13 heteroatoms. The smallest absolute Gasteiger partial charge is 0.256 e. The normalized spacial score (nSPS) is 15.5. The molecule has 0 unspecified atom stereocenters. The molecule has 0 spiro atoms. The minimum absolute atomic E-state index is 0.137. The van der Waals surface area contributed by atoms with E-state index in [2.05, 4.69) is 10.6 Å². The topological polar surface area (TPSA) is 180 Å². The molecule has 10 nitrogen and oxygen atoms in total. The Labute approximate surface area is 201 Å². The van der Waals surface area contributed by atoms with E-state index >= 15 is 0 Å². The van der Waals surface area contributed by atoms with Gasteiger partial charge in [-0.15, -0.1) is 0 Å². The Morgan fingerprint density at radius 1 is 0.964 bits per heavy atom. The van der Waals surface area contributed by atoms with Gasteiger partial charge in [-0.05, 0) is 67.8 Å². The molecule has 0 aliphatic rings. The first-order valence-corrected chi connectivity index (χ1v) is 10.9. The van der Waals surface area contributed by atoms with E-state index in [0.717, 1.165) is 0 Å². The molecule has 0 aliphatic carbocycles. The molecule has 158 valence electrons. The highest BCUT2D eigenvalue weighted by atomic mass is 127. The summed E-state index contributed by atoms with van der Waals surface area (Å²) in [5.41, 5.74) is 0.744. The van der Waals surface area contributed by atoms with Crippen LogP contribution in [0.5, 0.6) is 0 Å². The molecule has 0 saturated carbocycles. The number of halogens is 3. The van der Waals surface area contributed by atoms with Crippen molar-refractivity contribution < 1.29 is 40.2 Å². The predicted molar refractivity (Wildman–Crippen MR) is 124 cm³/mol. The van der Waals surface area contributed by atoms with Crippen LogP contribution >= 0.6 is 67.8 Å². The Bertz CT molecular complexity index is 749. The molecule has 0 aromatic heterocycles. The van der Waals surface area contributed by atoms with E-state index in [-0.39, 0.29) is 11.3 Å². The van der Waals surface area contributed by atoms with Gasteiger partial charge in [-0.1, -0.05) is 0 Å². The molecule has 1 aromatic carbocycles. The van der Waals surface area contributed by atoms with E-state index in [1.54, 1.807) is 0 Å². The Morgan fingerprint density at radius 3 is 2.00 bits per heavy atom. The van der Waals surface area contributed by atoms with Crippen LogP contribution in [0, 0.1) is 10.7 Å². The summed E-state index contributed by atoms with van der Waals surface area (Å²) >= 11 is 5.61. The average Bonchev–Trinajstić information content (AvgIpc) is 2.68. The second kappa shape index (κ2) is 11.5. The number of amides is 2. The van der Waals surface area contributed by atoms with Crippen LogP contribution in [-0.2, 0) is 11.4 Å². The molecular weight excluding hydrogens is 717 g/mol. The van der Waals surface area contributed by atoms with Gasteiger partial charge in [0.05, 0.1) is 28.0 Å².